The Hall–Kier alpha value is -0.380. The van der Waals surface area contributed by atoms with Gasteiger partial charge in [-0.15, -0.1) is 0 Å². The molecule has 18 heavy (non-hydrogen) atoms. The fourth-order valence-electron chi connectivity index (χ4n) is 1.92. The highest BCUT2D eigenvalue weighted by Crippen LogP contribution is 2.17. The molecular formula is C15H33N3. The molecule has 0 aliphatic rings. The molecule has 0 radical (unpaired) electrons. The lowest BCUT2D eigenvalue weighted by molar-refractivity contribution is 0.338. The number of nitrogens with two attached hydrogens (primary N) is 2. The molecule has 4 atom stereocenters. The van der Waals surface area contributed by atoms with Gasteiger partial charge in [-0.05, 0) is 38.6 Å². The number of rotatable bonds is 10. The second-order valence-corrected chi connectivity index (χ2v) is 5.81. The molecule has 0 aromatic rings. The predicted octanol–water partition coefficient (Wildman–Crippen LogP) is 2.27. The van der Waals surface area contributed by atoms with Crippen molar-refractivity contribution in [1.29, 1.82) is 0 Å². The molecule has 0 aromatic carbocycles. The highest BCUT2D eigenvalue weighted by atomic mass is 14.8. The van der Waals surface area contributed by atoms with Gasteiger partial charge < -0.3 is 16.8 Å². The first kappa shape index (κ1) is 17.6. The second kappa shape index (κ2) is 10.5. The van der Waals surface area contributed by atoms with Crippen LogP contribution >= 0.6 is 0 Å². The van der Waals surface area contributed by atoms with E-state index in [1.165, 1.54) is 12.8 Å². The summed E-state index contributed by atoms with van der Waals surface area (Å²) in [5, 5.41) is 3.45. The number of hydrogen-bond acceptors (Lipinski definition) is 3. The van der Waals surface area contributed by atoms with Crippen LogP contribution in [0.1, 0.15) is 47.0 Å². The van der Waals surface area contributed by atoms with Gasteiger partial charge in [0.1, 0.15) is 0 Å². The van der Waals surface area contributed by atoms with Crippen molar-refractivity contribution in [1.82, 2.24) is 5.32 Å². The molecule has 0 aromatic heterocycles. The zero-order chi connectivity index (χ0) is 14.0. The van der Waals surface area contributed by atoms with Crippen LogP contribution in [0.15, 0.2) is 12.2 Å². The van der Waals surface area contributed by atoms with E-state index in [1.807, 2.05) is 13.0 Å². The van der Waals surface area contributed by atoms with Gasteiger partial charge in [-0.1, -0.05) is 38.8 Å². The minimum Gasteiger partial charge on any atom is -0.328 e. The maximum absolute atomic E-state index is 5.76. The summed E-state index contributed by atoms with van der Waals surface area (Å²) in [5.41, 5.74) is 11.4. The molecule has 3 heteroatoms. The molecule has 0 aliphatic carbocycles. The predicted molar refractivity (Wildman–Crippen MR) is 81.5 cm³/mol. The van der Waals surface area contributed by atoms with Crippen molar-refractivity contribution in [2.75, 3.05) is 13.1 Å². The molecule has 2 unspecified atom stereocenters. The first-order chi connectivity index (χ1) is 8.43. The third-order valence-corrected chi connectivity index (χ3v) is 3.46. The third-order valence-electron chi connectivity index (χ3n) is 3.46. The highest BCUT2D eigenvalue weighted by molar-refractivity contribution is 4.90. The molecule has 0 amide bonds. The number of hydrogen-bond donors (Lipinski definition) is 3. The van der Waals surface area contributed by atoms with Crippen LogP contribution in [0, 0.1) is 11.8 Å². The van der Waals surface area contributed by atoms with Gasteiger partial charge in [0.2, 0.25) is 0 Å². The quantitative estimate of drug-likeness (QED) is 0.414. The number of nitrogens with one attached hydrogen (secondary N) is 1. The normalized spacial score (nSPS) is 18.8. The Bertz CT molecular complexity index is 212. The lowest BCUT2D eigenvalue weighted by atomic mass is 9.90. The molecule has 5 N–H and O–H groups in total. The van der Waals surface area contributed by atoms with Crippen molar-refractivity contribution in [2.45, 2.75) is 59.0 Å². The zero-order valence-electron chi connectivity index (χ0n) is 12.7. The van der Waals surface area contributed by atoms with Crippen LogP contribution in [0.4, 0.5) is 0 Å². The Balaban J connectivity index is 3.58. The van der Waals surface area contributed by atoms with Crippen LogP contribution in [0.5, 0.6) is 0 Å². The van der Waals surface area contributed by atoms with Gasteiger partial charge in [0.15, 0.2) is 0 Å². The summed E-state index contributed by atoms with van der Waals surface area (Å²) in [5.74, 6) is 1.47. The summed E-state index contributed by atoms with van der Waals surface area (Å²) >= 11 is 0. The van der Waals surface area contributed by atoms with Crippen molar-refractivity contribution in [3.8, 4) is 0 Å². The van der Waals surface area contributed by atoms with E-state index >= 15 is 0 Å². The van der Waals surface area contributed by atoms with Gasteiger partial charge in [0, 0.05) is 18.6 Å². The van der Waals surface area contributed by atoms with E-state index in [1.54, 1.807) is 0 Å². The molecular weight excluding hydrogens is 222 g/mol. The van der Waals surface area contributed by atoms with Crippen molar-refractivity contribution < 1.29 is 0 Å². The third kappa shape index (κ3) is 10.8. The Morgan fingerprint density at radius 3 is 2.22 bits per heavy atom. The van der Waals surface area contributed by atoms with E-state index in [4.69, 9.17) is 11.5 Å². The summed E-state index contributed by atoms with van der Waals surface area (Å²) in [4.78, 5) is 0. The topological polar surface area (TPSA) is 64.1 Å². The SMILES string of the molecule is CC(N)CCCC(C)[C@@H](C)CNC/C=C\[C@@H](C)N. The van der Waals surface area contributed by atoms with Crippen molar-refractivity contribution in [3.05, 3.63) is 12.2 Å². The van der Waals surface area contributed by atoms with Gasteiger partial charge >= 0.3 is 0 Å². The van der Waals surface area contributed by atoms with Gasteiger partial charge in [-0.3, -0.25) is 0 Å². The Morgan fingerprint density at radius 2 is 1.67 bits per heavy atom. The van der Waals surface area contributed by atoms with E-state index in [0.29, 0.717) is 12.0 Å². The van der Waals surface area contributed by atoms with Crippen molar-refractivity contribution in [2.24, 2.45) is 23.3 Å². The first-order valence-corrected chi connectivity index (χ1v) is 7.32. The molecule has 0 saturated carbocycles. The Labute approximate surface area is 113 Å². The van der Waals surface area contributed by atoms with Crippen LogP contribution in [0.3, 0.4) is 0 Å². The average Bonchev–Trinajstić information content (AvgIpc) is 2.27. The molecule has 0 fully saturated rings. The van der Waals surface area contributed by atoms with Crippen LogP contribution in [-0.2, 0) is 0 Å². The molecule has 0 aliphatic heterocycles. The van der Waals surface area contributed by atoms with Gasteiger partial charge in [0.25, 0.3) is 0 Å². The maximum Gasteiger partial charge on any atom is 0.0195 e. The van der Waals surface area contributed by atoms with Crippen LogP contribution in [0.25, 0.3) is 0 Å². The summed E-state index contributed by atoms with van der Waals surface area (Å²) in [6.45, 7) is 10.7. The minimum absolute atomic E-state index is 0.154. The van der Waals surface area contributed by atoms with Crippen LogP contribution < -0.4 is 16.8 Å². The average molecular weight is 255 g/mol. The lowest BCUT2D eigenvalue weighted by Crippen LogP contribution is -2.26. The first-order valence-electron chi connectivity index (χ1n) is 7.32. The Morgan fingerprint density at radius 1 is 1.00 bits per heavy atom. The minimum atomic E-state index is 0.154. The fraction of sp³-hybridized carbons (Fsp3) is 0.867. The van der Waals surface area contributed by atoms with Crippen molar-refractivity contribution in [3.63, 3.8) is 0 Å². The highest BCUT2D eigenvalue weighted by Gasteiger charge is 2.11. The van der Waals surface area contributed by atoms with Gasteiger partial charge in [-0.2, -0.15) is 0 Å². The van der Waals surface area contributed by atoms with E-state index in [9.17, 15) is 0 Å². The van der Waals surface area contributed by atoms with Crippen molar-refractivity contribution >= 4 is 0 Å². The standard InChI is InChI=1S/C15H33N3/c1-12(7-5-8-14(3)16)13(2)11-18-10-6-9-15(4)17/h6,9,12-15,18H,5,7-8,10-11,16-17H2,1-4H3/b9-6-/t12?,13-,14?,15+/m0/s1. The molecule has 108 valence electrons. The molecule has 0 bridgehead atoms. The van der Waals surface area contributed by atoms with E-state index in [2.05, 4.69) is 32.2 Å². The summed E-state index contributed by atoms with van der Waals surface area (Å²) < 4.78 is 0. The largest absolute Gasteiger partial charge is 0.328 e. The fourth-order valence-corrected chi connectivity index (χ4v) is 1.92. The monoisotopic (exact) mass is 255 g/mol. The maximum atomic E-state index is 5.76. The Kier molecular flexibility index (Phi) is 10.3. The summed E-state index contributed by atoms with van der Waals surface area (Å²) in [6, 6.07) is 0.496. The van der Waals surface area contributed by atoms with E-state index in [-0.39, 0.29) is 6.04 Å². The smallest absolute Gasteiger partial charge is 0.0195 e. The van der Waals surface area contributed by atoms with Crippen LogP contribution in [-0.4, -0.2) is 25.2 Å². The van der Waals surface area contributed by atoms with E-state index in [0.717, 1.165) is 25.4 Å². The lowest BCUT2D eigenvalue weighted by Gasteiger charge is -2.20. The second-order valence-electron chi connectivity index (χ2n) is 5.81. The van der Waals surface area contributed by atoms with E-state index < -0.39 is 0 Å². The van der Waals surface area contributed by atoms with Gasteiger partial charge in [-0.25, -0.2) is 0 Å². The molecule has 0 saturated heterocycles. The zero-order valence-corrected chi connectivity index (χ0v) is 12.7. The summed E-state index contributed by atoms with van der Waals surface area (Å²) in [7, 11) is 0. The molecule has 0 heterocycles. The molecule has 3 nitrogen and oxygen atoms in total. The molecule has 0 rings (SSSR count). The molecule has 0 spiro atoms. The van der Waals surface area contributed by atoms with Gasteiger partial charge in [0.05, 0.1) is 0 Å². The van der Waals surface area contributed by atoms with Crippen LogP contribution in [0.2, 0.25) is 0 Å². The summed E-state index contributed by atoms with van der Waals surface area (Å²) in [6.07, 6.45) is 7.80.